The van der Waals surface area contributed by atoms with E-state index in [1.807, 2.05) is 92.7 Å². The van der Waals surface area contributed by atoms with Gasteiger partial charge in [-0.2, -0.15) is 9.26 Å². The van der Waals surface area contributed by atoms with Crippen LogP contribution in [0.2, 0.25) is 10.0 Å². The number of aromatic amines is 2. The monoisotopic (exact) mass is 998 g/mol. The second-order valence-electron chi connectivity index (χ2n) is 17.5. The standard InChI is InChI=1S/C30H38ClN5O4.C21H26ClN5O3/c1-23-28(31)30-33-29(35-36(30)34-23)24-16-18-25(19-17-24)32-21-38-22-40-27(37)15-11-6-4-2-3-5-7-12-20-39-26-13-9-8-10-14-26;1-13-6-3-4-9-17(13)21(28)30-12-29-11-23-16-8-5-7-15(10-16)19-24-20-18(22)14(2)25-27(20)26-19/h8-10,13-14,16-19,32,34H,2-7,11-12,15,20-22H2,1H3;5,7-8,10,13,17,23,25H,3-4,6,9,11-12H2,1-2H3/t;13-,17+/m.1/s1. The van der Waals surface area contributed by atoms with Gasteiger partial charge in [0.05, 0.1) is 23.9 Å². The van der Waals surface area contributed by atoms with E-state index in [4.69, 9.17) is 46.9 Å². The maximum absolute atomic E-state index is 12.2. The van der Waals surface area contributed by atoms with Crippen molar-refractivity contribution in [1.82, 2.24) is 39.6 Å². The summed E-state index contributed by atoms with van der Waals surface area (Å²) < 4.78 is 30.1. The molecule has 374 valence electrons. The van der Waals surface area contributed by atoms with Crippen molar-refractivity contribution in [2.75, 3.05) is 44.3 Å². The molecule has 7 aromatic rings. The first-order valence-corrected chi connectivity index (χ1v) is 24.9. The molecule has 3 aromatic carbocycles. The molecule has 0 bridgehead atoms. The normalized spacial score (nSPS) is 14.6. The third-order valence-electron chi connectivity index (χ3n) is 12.1. The summed E-state index contributed by atoms with van der Waals surface area (Å²) in [6.45, 7) is 6.96. The highest BCUT2D eigenvalue weighted by Crippen LogP contribution is 2.31. The summed E-state index contributed by atoms with van der Waals surface area (Å²) >= 11 is 12.5. The zero-order chi connectivity index (χ0) is 49.1. The molecule has 0 saturated heterocycles. The van der Waals surface area contributed by atoms with Gasteiger partial charge in [-0.05, 0) is 94.0 Å². The van der Waals surface area contributed by atoms with E-state index in [0.29, 0.717) is 45.3 Å². The number of ether oxygens (including phenoxy) is 5. The number of unbranched alkanes of at least 4 members (excludes halogenated alkanes) is 7. The molecule has 17 nitrogen and oxygen atoms in total. The van der Waals surface area contributed by atoms with Crippen LogP contribution in [0.1, 0.15) is 102 Å². The molecular weight excluding hydrogens is 936 g/mol. The number of hydrogen-bond donors (Lipinski definition) is 4. The van der Waals surface area contributed by atoms with E-state index in [1.165, 1.54) is 32.1 Å². The molecular formula is C51H64Cl2N10O7. The van der Waals surface area contributed by atoms with Gasteiger partial charge in [0.1, 0.15) is 29.3 Å². The summed E-state index contributed by atoms with van der Waals surface area (Å²) in [7, 11) is 0. The van der Waals surface area contributed by atoms with Crippen LogP contribution in [-0.2, 0) is 28.5 Å². The largest absolute Gasteiger partial charge is 0.494 e. The van der Waals surface area contributed by atoms with E-state index < -0.39 is 0 Å². The van der Waals surface area contributed by atoms with Crippen LogP contribution in [0.4, 0.5) is 11.4 Å². The van der Waals surface area contributed by atoms with E-state index in [0.717, 1.165) is 91.2 Å². The van der Waals surface area contributed by atoms with Crippen molar-refractivity contribution in [2.45, 2.75) is 104 Å². The molecule has 70 heavy (non-hydrogen) atoms. The number of anilines is 2. The van der Waals surface area contributed by atoms with E-state index in [9.17, 15) is 9.59 Å². The van der Waals surface area contributed by atoms with Crippen LogP contribution in [0, 0.1) is 25.7 Å². The average molecular weight is 1000 g/mol. The minimum absolute atomic E-state index is 0.00217. The smallest absolute Gasteiger partial charge is 0.311 e. The summed E-state index contributed by atoms with van der Waals surface area (Å²) in [5, 5.41) is 22.4. The molecule has 4 aromatic heterocycles. The molecule has 19 heteroatoms. The van der Waals surface area contributed by atoms with Crippen molar-refractivity contribution in [2.24, 2.45) is 11.8 Å². The quantitative estimate of drug-likeness (QED) is 0.0240. The van der Waals surface area contributed by atoms with Gasteiger partial charge in [-0.15, -0.1) is 10.2 Å². The van der Waals surface area contributed by atoms with E-state index in [2.05, 4.69) is 47.9 Å². The van der Waals surface area contributed by atoms with Gasteiger partial charge in [-0.1, -0.05) is 112 Å². The number of para-hydroxylation sites is 1. The number of aromatic nitrogens is 8. The zero-order valence-corrected chi connectivity index (χ0v) is 41.7. The lowest BCUT2D eigenvalue weighted by atomic mass is 9.80. The first kappa shape index (κ1) is 51.7. The van der Waals surface area contributed by atoms with Gasteiger partial charge in [0, 0.05) is 28.9 Å². The van der Waals surface area contributed by atoms with Crippen molar-refractivity contribution < 1.29 is 33.3 Å². The SMILES string of the molecule is Cc1[nH]n2nc(-c3ccc(NCOCOC(=O)CCCCCCCCCCOc4ccccc4)cc3)nc2c1Cl.Cc1[nH]n2nc(-c3cccc(NCOCOC(=O)[C@H]4CCCC[C@H]4C)c3)nc2c1Cl. The topological polar surface area (TPSA) is 196 Å². The van der Waals surface area contributed by atoms with E-state index in [1.54, 1.807) is 9.26 Å². The fraction of sp³-hybridized carbons (Fsp3) is 0.451. The summed E-state index contributed by atoms with van der Waals surface area (Å²) in [6, 6.07) is 25.3. The number of H-pyrrole nitrogens is 2. The molecule has 1 saturated carbocycles. The summed E-state index contributed by atoms with van der Waals surface area (Å²) in [5.41, 5.74) is 6.29. The van der Waals surface area contributed by atoms with Crippen LogP contribution in [0.3, 0.4) is 0 Å². The molecule has 8 rings (SSSR count). The number of rotatable bonds is 25. The average Bonchev–Trinajstić information content (AvgIpc) is 4.12. The van der Waals surface area contributed by atoms with Gasteiger partial charge in [0.15, 0.2) is 36.5 Å². The highest BCUT2D eigenvalue weighted by Gasteiger charge is 2.29. The Kier molecular flexibility index (Phi) is 19.7. The molecule has 0 radical (unpaired) electrons. The Morgan fingerprint density at radius 3 is 1.90 bits per heavy atom. The van der Waals surface area contributed by atoms with Crippen molar-refractivity contribution >= 4 is 57.8 Å². The minimum atomic E-state index is -0.220. The molecule has 4 N–H and O–H groups in total. The number of nitrogens with one attached hydrogen (secondary N) is 4. The van der Waals surface area contributed by atoms with Crippen LogP contribution in [-0.4, -0.2) is 85.2 Å². The van der Waals surface area contributed by atoms with Gasteiger partial charge in [-0.25, -0.2) is 9.97 Å². The molecule has 0 aliphatic heterocycles. The maximum atomic E-state index is 12.2. The molecule has 1 fully saturated rings. The fourth-order valence-electron chi connectivity index (χ4n) is 8.11. The summed E-state index contributed by atoms with van der Waals surface area (Å²) in [6.07, 6.45) is 13.7. The number of carbonyl (C=O) groups excluding carboxylic acids is 2. The maximum Gasteiger partial charge on any atom is 0.311 e. The predicted octanol–water partition coefficient (Wildman–Crippen LogP) is 11.6. The Morgan fingerprint density at radius 1 is 0.671 bits per heavy atom. The summed E-state index contributed by atoms with van der Waals surface area (Å²) in [4.78, 5) is 33.1. The summed E-state index contributed by atoms with van der Waals surface area (Å²) in [5.74, 6) is 2.11. The Morgan fingerprint density at radius 2 is 1.26 bits per heavy atom. The molecule has 4 heterocycles. The van der Waals surface area contributed by atoms with Crippen LogP contribution in [0.15, 0.2) is 78.9 Å². The lowest BCUT2D eigenvalue weighted by Gasteiger charge is -2.26. The van der Waals surface area contributed by atoms with Crippen LogP contribution in [0.25, 0.3) is 34.1 Å². The molecule has 2 atom stereocenters. The number of nitrogens with zero attached hydrogens (tertiary/aromatic N) is 6. The number of carbonyl (C=O) groups is 2. The van der Waals surface area contributed by atoms with Crippen molar-refractivity contribution in [1.29, 1.82) is 0 Å². The van der Waals surface area contributed by atoms with Gasteiger partial charge in [0.2, 0.25) is 0 Å². The van der Waals surface area contributed by atoms with Crippen molar-refractivity contribution in [3.63, 3.8) is 0 Å². The first-order chi connectivity index (χ1) is 34.1. The lowest BCUT2D eigenvalue weighted by molar-refractivity contribution is -0.163. The van der Waals surface area contributed by atoms with Crippen molar-refractivity contribution in [3.8, 4) is 28.5 Å². The lowest BCUT2D eigenvalue weighted by Crippen LogP contribution is -2.28. The number of fused-ring (bicyclic) bond motifs is 2. The predicted molar refractivity (Wildman–Crippen MR) is 271 cm³/mol. The third kappa shape index (κ3) is 15.2. The van der Waals surface area contributed by atoms with Gasteiger partial charge >= 0.3 is 11.9 Å². The second-order valence-corrected chi connectivity index (χ2v) is 18.2. The molecule has 1 aliphatic carbocycles. The second kappa shape index (κ2) is 26.7. The third-order valence-corrected chi connectivity index (χ3v) is 13.0. The Bertz CT molecular complexity index is 2700. The van der Waals surface area contributed by atoms with Crippen LogP contribution >= 0.6 is 23.2 Å². The van der Waals surface area contributed by atoms with Crippen LogP contribution in [0.5, 0.6) is 5.75 Å². The Balaban J connectivity index is 0.000000215. The molecule has 1 aliphatic rings. The van der Waals surface area contributed by atoms with Crippen molar-refractivity contribution in [3.05, 3.63) is 100 Å². The number of halogens is 2. The van der Waals surface area contributed by atoms with Crippen LogP contribution < -0.4 is 15.4 Å². The van der Waals surface area contributed by atoms with Gasteiger partial charge in [-0.3, -0.25) is 19.8 Å². The number of aryl methyl sites for hydroxylation is 2. The molecule has 0 amide bonds. The van der Waals surface area contributed by atoms with Gasteiger partial charge in [0.25, 0.3) is 0 Å². The highest BCUT2D eigenvalue weighted by atomic mass is 35.5. The fourth-order valence-corrected chi connectivity index (χ4v) is 8.44. The first-order valence-electron chi connectivity index (χ1n) is 24.2. The number of esters is 2. The molecule has 0 unspecified atom stereocenters. The molecule has 0 spiro atoms. The number of benzene rings is 3. The minimum Gasteiger partial charge on any atom is -0.494 e. The van der Waals surface area contributed by atoms with E-state index in [-0.39, 0.29) is 44.9 Å². The zero-order valence-electron chi connectivity index (χ0n) is 40.2. The Labute approximate surface area is 418 Å². The Hall–Kier alpha value is -6.14. The number of hydrogen-bond acceptors (Lipinski definition) is 13. The van der Waals surface area contributed by atoms with E-state index >= 15 is 0 Å². The van der Waals surface area contributed by atoms with Gasteiger partial charge < -0.3 is 34.3 Å². The highest BCUT2D eigenvalue weighted by molar-refractivity contribution is 6.34.